The zero-order chi connectivity index (χ0) is 23.9. The Morgan fingerprint density at radius 2 is 1.68 bits per heavy atom. The molecule has 1 N–H and O–H groups in total. The number of pyridine rings is 1. The van der Waals surface area contributed by atoms with E-state index in [1.165, 1.54) is 18.4 Å². The number of benzene rings is 2. The monoisotopic (exact) mass is 470 g/mol. The van der Waals surface area contributed by atoms with E-state index in [1.807, 2.05) is 24.3 Å². The summed E-state index contributed by atoms with van der Waals surface area (Å²) in [6.45, 7) is 9.51. The van der Waals surface area contributed by atoms with E-state index in [4.69, 9.17) is 26.6 Å². The van der Waals surface area contributed by atoms with E-state index in [1.54, 1.807) is 0 Å². The molecule has 1 fully saturated rings. The van der Waals surface area contributed by atoms with E-state index in [0.29, 0.717) is 10.7 Å². The van der Waals surface area contributed by atoms with Crippen LogP contribution in [-0.2, 0) is 11.8 Å². The van der Waals surface area contributed by atoms with Crippen molar-refractivity contribution in [2.75, 3.05) is 11.9 Å². The van der Waals surface area contributed by atoms with Gasteiger partial charge in [0.05, 0.1) is 11.1 Å². The van der Waals surface area contributed by atoms with Gasteiger partial charge in [0.2, 0.25) is 0 Å². The lowest BCUT2D eigenvalue weighted by Gasteiger charge is -2.20. The van der Waals surface area contributed by atoms with Gasteiger partial charge in [0.1, 0.15) is 11.6 Å². The summed E-state index contributed by atoms with van der Waals surface area (Å²) in [7, 11) is 0. The number of nitrogens with one attached hydrogen (secondary N) is 1. The lowest BCUT2D eigenvalue weighted by atomic mass is 9.95. The molecule has 0 unspecified atom stereocenters. The van der Waals surface area contributed by atoms with Crippen molar-refractivity contribution in [1.82, 2.24) is 15.0 Å². The molecule has 5 heteroatoms. The van der Waals surface area contributed by atoms with Crippen LogP contribution in [-0.4, -0.2) is 21.5 Å². The van der Waals surface area contributed by atoms with Crippen LogP contribution in [0.2, 0.25) is 5.02 Å². The highest BCUT2D eigenvalue weighted by atomic mass is 35.5. The van der Waals surface area contributed by atoms with Gasteiger partial charge >= 0.3 is 0 Å². The molecule has 1 saturated carbocycles. The van der Waals surface area contributed by atoms with Gasteiger partial charge < -0.3 is 5.32 Å². The van der Waals surface area contributed by atoms with Crippen molar-refractivity contribution in [3.63, 3.8) is 0 Å². The molecule has 0 atom stereocenters. The van der Waals surface area contributed by atoms with Crippen molar-refractivity contribution in [3.8, 4) is 22.4 Å². The normalized spacial score (nSPS) is 13.9. The summed E-state index contributed by atoms with van der Waals surface area (Å²) in [6.07, 6.45) is 3.57. The van der Waals surface area contributed by atoms with Crippen LogP contribution in [0.15, 0.2) is 54.6 Å². The molecule has 4 nitrogen and oxygen atoms in total. The van der Waals surface area contributed by atoms with E-state index < -0.39 is 0 Å². The standard InChI is InChI=1S/C29H31ClN4/c1-5-18-12-14-20(15-13-18)22-16-23-26(31-17-19-10-11-19)33-28(29(2,3)4)34-27(23)32-25(22)21-8-6-7-9-24(21)30/h6-9,12-16,19H,5,10-11,17H2,1-4H3,(H,31,32,33,34). The Bertz CT molecular complexity index is 1340. The molecule has 174 valence electrons. The molecule has 4 aromatic rings. The topological polar surface area (TPSA) is 50.7 Å². The molecular weight excluding hydrogens is 440 g/mol. The maximum absolute atomic E-state index is 6.66. The van der Waals surface area contributed by atoms with E-state index in [-0.39, 0.29) is 5.41 Å². The number of rotatable bonds is 6. The molecule has 2 aromatic heterocycles. The maximum Gasteiger partial charge on any atom is 0.165 e. The zero-order valence-corrected chi connectivity index (χ0v) is 21.1. The highest BCUT2D eigenvalue weighted by Gasteiger charge is 2.25. The first-order valence-electron chi connectivity index (χ1n) is 12.1. The van der Waals surface area contributed by atoms with Crippen LogP contribution in [0, 0.1) is 5.92 Å². The Morgan fingerprint density at radius 3 is 2.32 bits per heavy atom. The largest absolute Gasteiger partial charge is 0.369 e. The van der Waals surface area contributed by atoms with Gasteiger partial charge in [0.25, 0.3) is 0 Å². The summed E-state index contributed by atoms with van der Waals surface area (Å²) < 4.78 is 0. The summed E-state index contributed by atoms with van der Waals surface area (Å²) in [4.78, 5) is 15.0. The van der Waals surface area contributed by atoms with Crippen molar-refractivity contribution in [2.24, 2.45) is 5.92 Å². The van der Waals surface area contributed by atoms with E-state index in [2.05, 4.69) is 63.3 Å². The molecule has 0 spiro atoms. The van der Waals surface area contributed by atoms with Crippen LogP contribution >= 0.6 is 11.6 Å². The predicted octanol–water partition coefficient (Wildman–Crippen LogP) is 7.69. The summed E-state index contributed by atoms with van der Waals surface area (Å²) in [5.41, 5.74) is 5.70. The van der Waals surface area contributed by atoms with Gasteiger partial charge in [-0.2, -0.15) is 0 Å². The van der Waals surface area contributed by atoms with Gasteiger partial charge in [-0.3, -0.25) is 0 Å². The van der Waals surface area contributed by atoms with E-state index in [9.17, 15) is 0 Å². The average molecular weight is 471 g/mol. The van der Waals surface area contributed by atoms with Gasteiger partial charge in [-0.05, 0) is 48.4 Å². The first kappa shape index (κ1) is 22.8. The van der Waals surface area contributed by atoms with Gasteiger partial charge in [0, 0.05) is 28.1 Å². The van der Waals surface area contributed by atoms with Crippen molar-refractivity contribution in [3.05, 3.63) is 71.0 Å². The summed E-state index contributed by atoms with van der Waals surface area (Å²) in [5.74, 6) is 2.39. The third-order valence-electron chi connectivity index (χ3n) is 6.42. The summed E-state index contributed by atoms with van der Waals surface area (Å²) >= 11 is 6.66. The van der Waals surface area contributed by atoms with Gasteiger partial charge in [0.15, 0.2) is 5.65 Å². The second-order valence-corrected chi connectivity index (χ2v) is 10.7. The van der Waals surface area contributed by atoms with Crippen molar-refractivity contribution in [2.45, 2.75) is 52.4 Å². The molecule has 2 heterocycles. The fraction of sp³-hybridized carbons (Fsp3) is 0.345. The number of hydrogen-bond donors (Lipinski definition) is 1. The van der Waals surface area contributed by atoms with Crippen molar-refractivity contribution < 1.29 is 0 Å². The molecule has 1 aliphatic rings. The summed E-state index contributed by atoms with van der Waals surface area (Å²) in [6, 6.07) is 18.8. The zero-order valence-electron chi connectivity index (χ0n) is 20.3. The molecule has 2 aromatic carbocycles. The number of halogens is 1. The SMILES string of the molecule is CCc1ccc(-c2cc3c(NCC4CC4)nc(C(C)(C)C)nc3nc2-c2ccccc2Cl)cc1. The van der Waals surface area contributed by atoms with E-state index >= 15 is 0 Å². The van der Waals surface area contributed by atoms with Crippen LogP contribution < -0.4 is 5.32 Å². The Balaban J connectivity index is 1.77. The molecule has 1 aliphatic carbocycles. The Kier molecular flexibility index (Phi) is 6.03. The smallest absolute Gasteiger partial charge is 0.165 e. The minimum atomic E-state index is -0.189. The van der Waals surface area contributed by atoms with Crippen molar-refractivity contribution in [1.29, 1.82) is 0 Å². The number of anilines is 1. The number of aryl methyl sites for hydroxylation is 1. The first-order chi connectivity index (χ1) is 16.3. The number of nitrogens with zero attached hydrogens (tertiary/aromatic N) is 3. The predicted molar refractivity (Wildman–Crippen MR) is 143 cm³/mol. The van der Waals surface area contributed by atoms with Crippen LogP contribution in [0.4, 0.5) is 5.82 Å². The third-order valence-corrected chi connectivity index (χ3v) is 6.74. The molecule has 5 rings (SSSR count). The number of hydrogen-bond acceptors (Lipinski definition) is 4. The first-order valence-corrected chi connectivity index (χ1v) is 12.5. The third kappa shape index (κ3) is 4.65. The van der Waals surface area contributed by atoms with Crippen molar-refractivity contribution >= 4 is 28.5 Å². The second kappa shape index (κ2) is 8.99. The maximum atomic E-state index is 6.66. The Hall–Kier alpha value is -2.98. The molecular formula is C29H31ClN4. The Labute approximate surface area is 206 Å². The molecule has 0 amide bonds. The quantitative estimate of drug-likeness (QED) is 0.313. The van der Waals surface area contributed by atoms with E-state index in [0.717, 1.165) is 58.3 Å². The second-order valence-electron chi connectivity index (χ2n) is 10.3. The van der Waals surface area contributed by atoms with Gasteiger partial charge in [-0.25, -0.2) is 15.0 Å². The van der Waals surface area contributed by atoms with Crippen LogP contribution in [0.25, 0.3) is 33.4 Å². The number of aromatic nitrogens is 3. The Morgan fingerprint density at radius 1 is 0.941 bits per heavy atom. The highest BCUT2D eigenvalue weighted by Crippen LogP contribution is 2.38. The molecule has 0 saturated heterocycles. The minimum Gasteiger partial charge on any atom is -0.369 e. The van der Waals surface area contributed by atoms with Gasteiger partial charge in [-0.15, -0.1) is 0 Å². The number of fused-ring (bicyclic) bond motifs is 1. The average Bonchev–Trinajstić information content (AvgIpc) is 3.66. The summed E-state index contributed by atoms with van der Waals surface area (Å²) in [5, 5.41) is 5.23. The molecule has 0 bridgehead atoms. The molecule has 0 aliphatic heterocycles. The van der Waals surface area contributed by atoms with Gasteiger partial charge in [-0.1, -0.05) is 81.8 Å². The molecule has 34 heavy (non-hydrogen) atoms. The molecule has 0 radical (unpaired) electrons. The fourth-order valence-electron chi connectivity index (χ4n) is 4.09. The highest BCUT2D eigenvalue weighted by molar-refractivity contribution is 6.33. The lowest BCUT2D eigenvalue weighted by molar-refractivity contribution is 0.548. The lowest BCUT2D eigenvalue weighted by Crippen LogP contribution is -2.18. The van der Waals surface area contributed by atoms with Crippen LogP contribution in [0.5, 0.6) is 0 Å². The minimum absolute atomic E-state index is 0.189. The van der Waals surface area contributed by atoms with Crippen LogP contribution in [0.1, 0.15) is 51.9 Å². The fourth-order valence-corrected chi connectivity index (χ4v) is 4.31. The van der Waals surface area contributed by atoms with Crippen LogP contribution in [0.3, 0.4) is 0 Å².